The van der Waals surface area contributed by atoms with Crippen molar-refractivity contribution >= 4 is 28.9 Å². The summed E-state index contributed by atoms with van der Waals surface area (Å²) in [5.74, 6) is 0.975. The third-order valence-electron chi connectivity index (χ3n) is 3.88. The number of hydrogen-bond donors (Lipinski definition) is 0. The SMILES string of the molecule is Cc1ccc(-c2ccc(/C=C(\C#N)c3ccc(Cl)cc3)o2)cc1[N+](=O)[O-]. The molecule has 0 aliphatic carbocycles. The van der Waals surface area contributed by atoms with Crippen molar-refractivity contribution in [2.45, 2.75) is 6.92 Å². The topological polar surface area (TPSA) is 80.1 Å². The third kappa shape index (κ3) is 3.66. The zero-order valence-corrected chi connectivity index (χ0v) is 14.5. The molecule has 1 heterocycles. The number of benzene rings is 2. The van der Waals surface area contributed by atoms with Gasteiger partial charge in [0.25, 0.3) is 5.69 Å². The van der Waals surface area contributed by atoms with Gasteiger partial charge in [0.05, 0.1) is 16.6 Å². The molecular weight excluding hydrogens is 352 g/mol. The van der Waals surface area contributed by atoms with Crippen LogP contribution in [0.25, 0.3) is 23.0 Å². The van der Waals surface area contributed by atoms with E-state index in [-0.39, 0.29) is 5.69 Å². The number of nitro groups is 1. The van der Waals surface area contributed by atoms with E-state index >= 15 is 0 Å². The number of nitro benzene ring substituents is 1. The number of aryl methyl sites for hydroxylation is 1. The molecular formula is C20H13ClN2O3. The zero-order chi connectivity index (χ0) is 18.7. The van der Waals surface area contributed by atoms with Gasteiger partial charge in [-0.15, -0.1) is 0 Å². The van der Waals surface area contributed by atoms with Crippen molar-refractivity contribution in [2.75, 3.05) is 0 Å². The maximum atomic E-state index is 11.1. The van der Waals surface area contributed by atoms with Gasteiger partial charge < -0.3 is 4.42 Å². The van der Waals surface area contributed by atoms with Gasteiger partial charge in [-0.3, -0.25) is 10.1 Å². The fourth-order valence-corrected chi connectivity index (χ4v) is 2.62. The summed E-state index contributed by atoms with van der Waals surface area (Å²) >= 11 is 5.87. The largest absolute Gasteiger partial charge is 0.457 e. The number of allylic oxidation sites excluding steroid dienone is 1. The molecule has 3 rings (SSSR count). The van der Waals surface area contributed by atoms with Crippen LogP contribution in [0.1, 0.15) is 16.9 Å². The molecule has 128 valence electrons. The van der Waals surface area contributed by atoms with Crippen molar-refractivity contribution in [3.8, 4) is 17.4 Å². The monoisotopic (exact) mass is 364 g/mol. The Hall–Kier alpha value is -3.36. The highest BCUT2D eigenvalue weighted by Gasteiger charge is 2.14. The lowest BCUT2D eigenvalue weighted by Crippen LogP contribution is -1.91. The fourth-order valence-electron chi connectivity index (χ4n) is 2.50. The molecule has 5 nitrogen and oxygen atoms in total. The first-order valence-electron chi connectivity index (χ1n) is 7.71. The lowest BCUT2D eigenvalue weighted by Gasteiger charge is -2.01. The second-order valence-corrected chi connectivity index (χ2v) is 6.07. The second-order valence-electron chi connectivity index (χ2n) is 5.64. The molecule has 0 amide bonds. The summed E-state index contributed by atoms with van der Waals surface area (Å²) in [6.07, 6.45) is 1.62. The van der Waals surface area contributed by atoms with Gasteiger partial charge in [-0.25, -0.2) is 0 Å². The molecule has 0 saturated heterocycles. The molecule has 3 aromatic rings. The van der Waals surface area contributed by atoms with Gasteiger partial charge in [0.1, 0.15) is 11.5 Å². The summed E-state index contributed by atoms with van der Waals surface area (Å²) < 4.78 is 5.75. The number of nitrogens with zero attached hydrogens (tertiary/aromatic N) is 2. The summed E-state index contributed by atoms with van der Waals surface area (Å²) in [5, 5.41) is 21.1. The van der Waals surface area contributed by atoms with Crippen LogP contribution in [0.4, 0.5) is 5.69 Å². The smallest absolute Gasteiger partial charge is 0.273 e. The molecule has 0 N–H and O–H groups in total. The summed E-state index contributed by atoms with van der Waals surface area (Å²) in [6, 6.07) is 17.4. The van der Waals surface area contributed by atoms with Crippen LogP contribution in [0.15, 0.2) is 59.0 Å². The lowest BCUT2D eigenvalue weighted by atomic mass is 10.1. The van der Waals surface area contributed by atoms with Crippen LogP contribution in [-0.4, -0.2) is 4.92 Å². The molecule has 26 heavy (non-hydrogen) atoms. The van der Waals surface area contributed by atoms with Crippen LogP contribution in [0.2, 0.25) is 5.02 Å². The Balaban J connectivity index is 1.95. The average molecular weight is 365 g/mol. The summed E-state index contributed by atoms with van der Waals surface area (Å²) in [7, 11) is 0. The first-order chi connectivity index (χ1) is 12.5. The van der Waals surface area contributed by atoms with Crippen LogP contribution in [0.3, 0.4) is 0 Å². The molecule has 0 atom stereocenters. The standard InChI is InChI=1S/C20H13ClN2O3/c1-13-2-3-15(11-19(13)23(24)25)20-9-8-18(26-20)10-16(12-22)14-4-6-17(21)7-5-14/h2-11H,1H3/b16-10+. The quantitative estimate of drug-likeness (QED) is 0.329. The van der Waals surface area contributed by atoms with E-state index in [1.54, 1.807) is 61.5 Å². The lowest BCUT2D eigenvalue weighted by molar-refractivity contribution is -0.385. The Labute approximate surface area is 154 Å². The number of hydrogen-bond acceptors (Lipinski definition) is 4. The van der Waals surface area contributed by atoms with Crippen LogP contribution < -0.4 is 0 Å². The highest BCUT2D eigenvalue weighted by atomic mass is 35.5. The second kappa shape index (κ2) is 7.26. The molecule has 0 unspecified atom stereocenters. The normalized spacial score (nSPS) is 11.2. The van der Waals surface area contributed by atoms with Gasteiger partial charge in [-0.05, 0) is 42.8 Å². The molecule has 2 aromatic carbocycles. The average Bonchev–Trinajstić information content (AvgIpc) is 3.09. The number of nitriles is 1. The number of rotatable bonds is 4. The van der Waals surface area contributed by atoms with Gasteiger partial charge in [0, 0.05) is 22.2 Å². The maximum absolute atomic E-state index is 11.1. The van der Waals surface area contributed by atoms with Crippen LogP contribution in [-0.2, 0) is 0 Å². The minimum Gasteiger partial charge on any atom is -0.457 e. The van der Waals surface area contributed by atoms with Gasteiger partial charge in [0.2, 0.25) is 0 Å². The first-order valence-corrected chi connectivity index (χ1v) is 8.08. The summed E-state index contributed by atoms with van der Waals surface area (Å²) in [4.78, 5) is 10.7. The number of furan rings is 1. The summed E-state index contributed by atoms with van der Waals surface area (Å²) in [5.41, 5.74) is 2.38. The Bertz CT molecular complexity index is 1040. The van der Waals surface area contributed by atoms with Gasteiger partial charge in [0.15, 0.2) is 0 Å². The molecule has 1 aromatic heterocycles. The van der Waals surface area contributed by atoms with Crippen LogP contribution in [0.5, 0.6) is 0 Å². The highest BCUT2D eigenvalue weighted by Crippen LogP contribution is 2.29. The predicted molar refractivity (Wildman–Crippen MR) is 100 cm³/mol. The van der Waals surface area contributed by atoms with Crippen LogP contribution in [0, 0.1) is 28.4 Å². The third-order valence-corrected chi connectivity index (χ3v) is 4.13. The van der Waals surface area contributed by atoms with Gasteiger partial charge in [-0.1, -0.05) is 35.9 Å². The molecule has 0 aliphatic heterocycles. The maximum Gasteiger partial charge on any atom is 0.273 e. The van der Waals surface area contributed by atoms with Crippen molar-refractivity contribution in [3.63, 3.8) is 0 Å². The Morgan fingerprint density at radius 2 is 1.92 bits per heavy atom. The Morgan fingerprint density at radius 3 is 2.58 bits per heavy atom. The van der Waals surface area contributed by atoms with E-state index in [4.69, 9.17) is 16.0 Å². The minimum atomic E-state index is -0.420. The molecule has 0 fully saturated rings. The Morgan fingerprint density at radius 1 is 1.19 bits per heavy atom. The van der Waals surface area contributed by atoms with Crippen molar-refractivity contribution < 1.29 is 9.34 Å². The van der Waals surface area contributed by atoms with E-state index < -0.39 is 4.92 Å². The van der Waals surface area contributed by atoms with E-state index in [1.807, 2.05) is 0 Å². The minimum absolute atomic E-state index is 0.0369. The van der Waals surface area contributed by atoms with Crippen LogP contribution >= 0.6 is 11.6 Å². The van der Waals surface area contributed by atoms with Gasteiger partial charge >= 0.3 is 0 Å². The van der Waals surface area contributed by atoms with E-state index in [0.717, 1.165) is 5.56 Å². The fraction of sp³-hybridized carbons (Fsp3) is 0.0500. The molecule has 0 saturated carbocycles. The predicted octanol–water partition coefficient (Wildman–Crippen LogP) is 5.88. The van der Waals surface area contributed by atoms with E-state index in [0.29, 0.717) is 33.2 Å². The number of halogens is 1. The molecule has 0 spiro atoms. The van der Waals surface area contributed by atoms with Crippen molar-refractivity contribution in [1.82, 2.24) is 0 Å². The molecule has 0 radical (unpaired) electrons. The van der Waals surface area contributed by atoms with Crippen molar-refractivity contribution in [3.05, 3.63) is 86.6 Å². The zero-order valence-electron chi connectivity index (χ0n) is 13.8. The van der Waals surface area contributed by atoms with E-state index in [9.17, 15) is 15.4 Å². The van der Waals surface area contributed by atoms with Crippen molar-refractivity contribution in [1.29, 1.82) is 5.26 Å². The molecule has 0 aliphatic rings. The molecule has 0 bridgehead atoms. The van der Waals surface area contributed by atoms with E-state index in [1.165, 1.54) is 6.07 Å². The Kier molecular flexibility index (Phi) is 4.87. The highest BCUT2D eigenvalue weighted by molar-refractivity contribution is 6.30. The first kappa shape index (κ1) is 17.5. The van der Waals surface area contributed by atoms with Crippen molar-refractivity contribution in [2.24, 2.45) is 0 Å². The molecule has 6 heteroatoms. The summed E-state index contributed by atoms with van der Waals surface area (Å²) in [6.45, 7) is 1.68. The van der Waals surface area contributed by atoms with Gasteiger partial charge in [-0.2, -0.15) is 5.26 Å². The van der Waals surface area contributed by atoms with E-state index in [2.05, 4.69) is 6.07 Å².